The van der Waals surface area contributed by atoms with Crippen LogP contribution in [0.1, 0.15) is 38.7 Å². The fraction of sp³-hybridized carbons (Fsp3) is 0.500. The van der Waals surface area contributed by atoms with Gasteiger partial charge in [-0.15, -0.1) is 0 Å². The van der Waals surface area contributed by atoms with Gasteiger partial charge in [-0.2, -0.15) is 5.10 Å². The monoisotopic (exact) mass is 289 g/mol. The molecule has 1 aromatic carbocycles. The van der Waals surface area contributed by atoms with Gasteiger partial charge in [0.15, 0.2) is 5.11 Å². The van der Waals surface area contributed by atoms with Gasteiger partial charge in [0.2, 0.25) is 0 Å². The van der Waals surface area contributed by atoms with Crippen molar-refractivity contribution >= 4 is 23.0 Å². The number of hydrazone groups is 1. The lowest BCUT2D eigenvalue weighted by Crippen LogP contribution is -2.40. The Labute approximate surface area is 127 Å². The van der Waals surface area contributed by atoms with Gasteiger partial charge in [0.1, 0.15) is 0 Å². The van der Waals surface area contributed by atoms with Crippen LogP contribution in [0.5, 0.6) is 0 Å². The second kappa shape index (κ2) is 7.39. The SMILES string of the molecule is CCCN(CCC)C(=S)N1CCC(c2ccccc2)=N1. The number of nitrogens with zero attached hydrogens (tertiary/aromatic N) is 3. The third-order valence-corrected chi connectivity index (χ3v) is 3.86. The number of benzene rings is 1. The zero-order chi connectivity index (χ0) is 14.4. The van der Waals surface area contributed by atoms with Crippen molar-refractivity contribution in [2.24, 2.45) is 5.10 Å². The molecule has 0 aromatic heterocycles. The summed E-state index contributed by atoms with van der Waals surface area (Å²) in [5.74, 6) is 0. The average Bonchev–Trinajstić information content (AvgIpc) is 2.97. The lowest BCUT2D eigenvalue weighted by molar-refractivity contribution is 0.348. The predicted octanol–water partition coefficient (Wildman–Crippen LogP) is 3.50. The van der Waals surface area contributed by atoms with E-state index in [4.69, 9.17) is 17.3 Å². The van der Waals surface area contributed by atoms with Crippen LogP contribution in [0.3, 0.4) is 0 Å². The highest BCUT2D eigenvalue weighted by molar-refractivity contribution is 7.80. The van der Waals surface area contributed by atoms with Crippen molar-refractivity contribution < 1.29 is 0 Å². The highest BCUT2D eigenvalue weighted by Crippen LogP contribution is 2.15. The molecule has 20 heavy (non-hydrogen) atoms. The maximum Gasteiger partial charge on any atom is 0.192 e. The minimum absolute atomic E-state index is 0.875. The lowest BCUT2D eigenvalue weighted by atomic mass is 10.1. The number of hydrogen-bond donors (Lipinski definition) is 0. The van der Waals surface area contributed by atoms with Crippen LogP contribution in [0.25, 0.3) is 0 Å². The molecule has 0 saturated heterocycles. The molecule has 0 aliphatic carbocycles. The molecule has 0 spiro atoms. The van der Waals surface area contributed by atoms with Crippen LogP contribution in [0.2, 0.25) is 0 Å². The highest BCUT2D eigenvalue weighted by Gasteiger charge is 2.22. The largest absolute Gasteiger partial charge is 0.348 e. The van der Waals surface area contributed by atoms with Crippen LogP contribution in [-0.2, 0) is 0 Å². The molecule has 1 aliphatic rings. The molecule has 0 amide bonds. The van der Waals surface area contributed by atoms with E-state index < -0.39 is 0 Å². The van der Waals surface area contributed by atoms with Crippen LogP contribution in [0, 0.1) is 0 Å². The third-order valence-electron chi connectivity index (χ3n) is 3.39. The highest BCUT2D eigenvalue weighted by atomic mass is 32.1. The summed E-state index contributed by atoms with van der Waals surface area (Å²) in [7, 11) is 0. The van der Waals surface area contributed by atoms with Gasteiger partial charge in [0, 0.05) is 26.1 Å². The molecule has 0 radical (unpaired) electrons. The van der Waals surface area contributed by atoms with Gasteiger partial charge in [-0.1, -0.05) is 44.2 Å². The van der Waals surface area contributed by atoms with Gasteiger partial charge in [-0.25, -0.2) is 5.01 Å². The maximum atomic E-state index is 5.61. The Hall–Kier alpha value is -1.42. The van der Waals surface area contributed by atoms with Crippen LogP contribution >= 0.6 is 12.2 Å². The first kappa shape index (κ1) is 15.0. The van der Waals surface area contributed by atoms with E-state index in [9.17, 15) is 0 Å². The minimum Gasteiger partial charge on any atom is -0.348 e. The fourth-order valence-electron chi connectivity index (χ4n) is 2.43. The van der Waals surface area contributed by atoms with Crippen LogP contribution in [0.4, 0.5) is 0 Å². The van der Waals surface area contributed by atoms with E-state index in [0.717, 1.165) is 49.7 Å². The standard InChI is InChI=1S/C16H23N3S/c1-3-11-18(12-4-2)16(20)19-13-10-15(17-19)14-8-6-5-7-9-14/h5-9H,3-4,10-13H2,1-2H3. The Morgan fingerprint density at radius 3 is 2.45 bits per heavy atom. The first-order chi connectivity index (χ1) is 9.76. The molecule has 0 bridgehead atoms. The topological polar surface area (TPSA) is 18.8 Å². The van der Waals surface area contributed by atoms with Gasteiger partial charge in [0.05, 0.1) is 5.71 Å². The van der Waals surface area contributed by atoms with Crippen molar-refractivity contribution in [3.05, 3.63) is 35.9 Å². The number of hydrogen-bond acceptors (Lipinski definition) is 2. The van der Waals surface area contributed by atoms with E-state index in [-0.39, 0.29) is 0 Å². The van der Waals surface area contributed by atoms with E-state index in [2.05, 4.69) is 43.0 Å². The van der Waals surface area contributed by atoms with E-state index in [1.54, 1.807) is 0 Å². The van der Waals surface area contributed by atoms with Crippen LogP contribution < -0.4 is 0 Å². The predicted molar refractivity (Wildman–Crippen MR) is 89.1 cm³/mol. The zero-order valence-electron chi connectivity index (χ0n) is 12.4. The van der Waals surface area contributed by atoms with Crippen molar-refractivity contribution in [3.8, 4) is 0 Å². The van der Waals surface area contributed by atoms with Gasteiger partial charge in [-0.3, -0.25) is 0 Å². The molecule has 108 valence electrons. The van der Waals surface area contributed by atoms with Crippen molar-refractivity contribution in [2.75, 3.05) is 19.6 Å². The third kappa shape index (κ3) is 3.57. The molecule has 2 rings (SSSR count). The Morgan fingerprint density at radius 1 is 1.20 bits per heavy atom. The molecule has 3 nitrogen and oxygen atoms in total. The lowest BCUT2D eigenvalue weighted by Gasteiger charge is -2.28. The molecule has 0 saturated carbocycles. The fourth-order valence-corrected chi connectivity index (χ4v) is 2.75. The smallest absolute Gasteiger partial charge is 0.192 e. The first-order valence-electron chi connectivity index (χ1n) is 7.45. The average molecular weight is 289 g/mol. The molecule has 1 aliphatic heterocycles. The Bertz CT molecular complexity index is 464. The van der Waals surface area contributed by atoms with Crippen molar-refractivity contribution in [1.29, 1.82) is 0 Å². The summed E-state index contributed by atoms with van der Waals surface area (Å²) < 4.78 is 0. The summed E-state index contributed by atoms with van der Waals surface area (Å²) >= 11 is 5.61. The van der Waals surface area contributed by atoms with E-state index in [0.29, 0.717) is 0 Å². The molecule has 0 atom stereocenters. The van der Waals surface area contributed by atoms with E-state index in [1.165, 1.54) is 5.56 Å². The molecular formula is C16H23N3S. The summed E-state index contributed by atoms with van der Waals surface area (Å²) in [5.41, 5.74) is 2.34. The zero-order valence-corrected chi connectivity index (χ0v) is 13.2. The summed E-state index contributed by atoms with van der Waals surface area (Å²) in [5, 5.41) is 7.57. The van der Waals surface area contributed by atoms with Gasteiger partial charge < -0.3 is 4.90 Å². The molecule has 0 N–H and O–H groups in total. The quantitative estimate of drug-likeness (QED) is 0.773. The maximum absolute atomic E-state index is 5.61. The van der Waals surface area contributed by atoms with E-state index in [1.807, 2.05) is 11.1 Å². The molecule has 0 unspecified atom stereocenters. The Morgan fingerprint density at radius 2 is 1.85 bits per heavy atom. The molecule has 0 fully saturated rings. The minimum atomic E-state index is 0.875. The second-order valence-corrected chi connectivity index (χ2v) is 5.42. The second-order valence-electron chi connectivity index (χ2n) is 5.06. The summed E-state index contributed by atoms with van der Waals surface area (Å²) in [4.78, 5) is 2.27. The molecule has 1 aromatic rings. The number of thiocarbonyl (C=S) groups is 1. The number of rotatable bonds is 5. The Kier molecular flexibility index (Phi) is 5.53. The Balaban J connectivity index is 2.07. The van der Waals surface area contributed by atoms with Crippen molar-refractivity contribution in [2.45, 2.75) is 33.1 Å². The normalized spacial score (nSPS) is 14.3. The molecular weight excluding hydrogens is 266 g/mol. The summed E-state index contributed by atoms with van der Waals surface area (Å²) in [6.07, 6.45) is 3.20. The first-order valence-corrected chi connectivity index (χ1v) is 7.86. The van der Waals surface area contributed by atoms with E-state index >= 15 is 0 Å². The van der Waals surface area contributed by atoms with Gasteiger partial charge in [-0.05, 0) is 30.6 Å². The summed E-state index contributed by atoms with van der Waals surface area (Å²) in [6, 6.07) is 10.4. The van der Waals surface area contributed by atoms with Crippen LogP contribution in [-0.4, -0.2) is 40.4 Å². The molecule has 4 heteroatoms. The molecule has 1 heterocycles. The van der Waals surface area contributed by atoms with Crippen molar-refractivity contribution in [3.63, 3.8) is 0 Å². The van der Waals surface area contributed by atoms with Crippen molar-refractivity contribution in [1.82, 2.24) is 9.91 Å². The summed E-state index contributed by atoms with van der Waals surface area (Å²) in [6.45, 7) is 7.30. The van der Waals surface area contributed by atoms with Gasteiger partial charge in [0.25, 0.3) is 0 Å². The van der Waals surface area contributed by atoms with Crippen LogP contribution in [0.15, 0.2) is 35.4 Å². The van der Waals surface area contributed by atoms with Gasteiger partial charge >= 0.3 is 0 Å².